The van der Waals surface area contributed by atoms with Crippen molar-refractivity contribution in [3.05, 3.63) is 48.5 Å². The molecule has 0 aliphatic carbocycles. The molecule has 0 radical (unpaired) electrons. The summed E-state index contributed by atoms with van der Waals surface area (Å²) < 4.78 is 33.7. The number of unbranched alkanes of at least 4 members (excludes halogenated alkanes) is 3. The maximum atomic E-state index is 11.9. The summed E-state index contributed by atoms with van der Waals surface area (Å²) >= 11 is 0. The second kappa shape index (κ2) is 20.0. The van der Waals surface area contributed by atoms with E-state index in [1.165, 1.54) is 0 Å². The highest BCUT2D eigenvalue weighted by molar-refractivity contribution is 6.60. The molecule has 222 valence electrons. The molecule has 10 nitrogen and oxygen atoms in total. The van der Waals surface area contributed by atoms with Crippen LogP contribution in [-0.2, 0) is 18.0 Å². The number of methoxy groups -OCH3 is 1. The Morgan fingerprint density at radius 2 is 1.25 bits per heavy atom. The molecule has 0 fully saturated rings. The molecule has 0 bridgehead atoms. The highest BCUT2D eigenvalue weighted by Gasteiger charge is 2.39. The fourth-order valence-electron chi connectivity index (χ4n) is 3.83. The summed E-state index contributed by atoms with van der Waals surface area (Å²) in [5, 5.41) is 11.3. The first-order chi connectivity index (χ1) is 19.5. The summed E-state index contributed by atoms with van der Waals surface area (Å²) in [6.07, 6.45) is 4.02. The number of alkyl carbamates (subject to hydrolysis) is 1. The predicted molar refractivity (Wildman–Crippen MR) is 157 cm³/mol. The van der Waals surface area contributed by atoms with E-state index in [1.54, 1.807) is 7.11 Å². The van der Waals surface area contributed by atoms with Crippen molar-refractivity contribution >= 4 is 26.3 Å². The van der Waals surface area contributed by atoms with Gasteiger partial charge in [-0.25, -0.2) is 4.79 Å². The third-order valence-electron chi connectivity index (χ3n) is 5.75. The number of ether oxygens (including phenoxy) is 3. The van der Waals surface area contributed by atoms with E-state index in [0.29, 0.717) is 52.0 Å². The van der Waals surface area contributed by atoms with E-state index in [-0.39, 0.29) is 0 Å². The largest absolute Gasteiger partial charge is 0.500 e. The van der Waals surface area contributed by atoms with Crippen LogP contribution >= 0.6 is 0 Å². The molecule has 0 atom stereocenters. The lowest BCUT2D eigenvalue weighted by Crippen LogP contribution is -2.46. The molecule has 2 aromatic carbocycles. The number of nitrogens with one attached hydrogen (secondary N) is 1. The third kappa shape index (κ3) is 13.4. The fraction of sp³-hybridized carbons (Fsp3) is 0.552. The van der Waals surface area contributed by atoms with Gasteiger partial charge in [0.1, 0.15) is 11.5 Å². The molecular formula is C29H45N3O7Si. The zero-order valence-corrected chi connectivity index (χ0v) is 25.4. The van der Waals surface area contributed by atoms with Gasteiger partial charge in [0, 0.05) is 32.4 Å². The van der Waals surface area contributed by atoms with Crippen LogP contribution in [0.1, 0.15) is 52.9 Å². The molecule has 40 heavy (non-hydrogen) atoms. The zero-order chi connectivity index (χ0) is 28.9. The predicted octanol–water partition coefficient (Wildman–Crippen LogP) is 7.21. The fourth-order valence-corrected chi connectivity index (χ4v) is 6.45. The Labute approximate surface area is 239 Å². The van der Waals surface area contributed by atoms with Crippen molar-refractivity contribution < 1.29 is 32.3 Å². The second-order valence-electron chi connectivity index (χ2n) is 8.80. The van der Waals surface area contributed by atoms with E-state index in [2.05, 4.69) is 15.5 Å². The Kier molecular flexibility index (Phi) is 16.6. The lowest BCUT2D eigenvalue weighted by Gasteiger charge is -2.28. The Morgan fingerprint density at radius 3 is 1.77 bits per heavy atom. The summed E-state index contributed by atoms with van der Waals surface area (Å²) in [5.41, 5.74) is 1.51. The van der Waals surface area contributed by atoms with Crippen LogP contribution in [0, 0.1) is 0 Å². The number of carbonyl (C=O) groups is 1. The van der Waals surface area contributed by atoms with Crippen LogP contribution < -0.4 is 14.8 Å². The van der Waals surface area contributed by atoms with E-state index in [9.17, 15) is 4.79 Å². The lowest BCUT2D eigenvalue weighted by molar-refractivity contribution is 0.0706. The first-order valence-corrected chi connectivity index (χ1v) is 16.1. The molecule has 0 unspecified atom stereocenters. The van der Waals surface area contributed by atoms with Crippen LogP contribution in [0.2, 0.25) is 6.04 Å². The summed E-state index contributed by atoms with van der Waals surface area (Å²) in [5.74, 6) is 1.58. The molecule has 0 heterocycles. The lowest BCUT2D eigenvalue weighted by atomic mass is 10.2. The van der Waals surface area contributed by atoms with Crippen molar-refractivity contribution in [3.63, 3.8) is 0 Å². The van der Waals surface area contributed by atoms with Gasteiger partial charge in [-0.2, -0.15) is 10.2 Å². The standard InChI is InChI=1S/C29H45N3O7Si/c1-5-37-40(38-6-2,39-7-3)24-12-21-30-29(33)36-23-11-9-8-10-22-35-28-19-15-26(16-20-28)32-31-25-13-17-27(34-4)18-14-25/h13-20H,5-12,21-24H2,1-4H3,(H,30,33). The zero-order valence-electron chi connectivity index (χ0n) is 24.4. The van der Waals surface area contributed by atoms with E-state index >= 15 is 0 Å². The number of hydrogen-bond donors (Lipinski definition) is 1. The molecule has 2 rings (SSSR count). The smallest absolute Gasteiger partial charge is 0.497 e. The van der Waals surface area contributed by atoms with Crippen LogP contribution in [0.4, 0.5) is 16.2 Å². The first kappa shape index (κ1) is 33.2. The van der Waals surface area contributed by atoms with Gasteiger partial charge in [-0.15, -0.1) is 0 Å². The van der Waals surface area contributed by atoms with Gasteiger partial charge < -0.3 is 32.8 Å². The van der Waals surface area contributed by atoms with E-state index < -0.39 is 14.9 Å². The summed E-state index contributed by atoms with van der Waals surface area (Å²) in [7, 11) is -1.04. The number of benzene rings is 2. The highest BCUT2D eigenvalue weighted by atomic mass is 28.4. The maximum absolute atomic E-state index is 11.9. The quantitative estimate of drug-likeness (QED) is 0.0951. The maximum Gasteiger partial charge on any atom is 0.500 e. The molecular weight excluding hydrogens is 530 g/mol. The van der Waals surface area contributed by atoms with Crippen molar-refractivity contribution in [1.82, 2.24) is 5.32 Å². The normalized spacial score (nSPS) is 11.5. The van der Waals surface area contributed by atoms with Gasteiger partial charge >= 0.3 is 14.9 Å². The first-order valence-electron chi connectivity index (χ1n) is 14.1. The van der Waals surface area contributed by atoms with Crippen molar-refractivity contribution in [2.75, 3.05) is 46.7 Å². The minimum absolute atomic E-state index is 0.396. The van der Waals surface area contributed by atoms with Gasteiger partial charge in [0.05, 0.1) is 31.7 Å². The van der Waals surface area contributed by atoms with Gasteiger partial charge in [0.2, 0.25) is 0 Å². The Morgan fingerprint density at radius 1 is 0.725 bits per heavy atom. The monoisotopic (exact) mass is 575 g/mol. The molecule has 0 saturated heterocycles. The Bertz CT molecular complexity index is 958. The van der Waals surface area contributed by atoms with Crippen molar-refractivity contribution in [3.8, 4) is 11.5 Å². The minimum atomic E-state index is -2.67. The third-order valence-corrected chi connectivity index (χ3v) is 8.90. The number of hydrogen-bond acceptors (Lipinski definition) is 9. The van der Waals surface area contributed by atoms with Gasteiger partial charge in [-0.1, -0.05) is 0 Å². The topological polar surface area (TPSA) is 109 Å². The van der Waals surface area contributed by atoms with Gasteiger partial charge in [-0.05, 0) is 101 Å². The van der Waals surface area contributed by atoms with E-state index in [0.717, 1.165) is 48.6 Å². The molecule has 0 saturated carbocycles. The highest BCUT2D eigenvalue weighted by Crippen LogP contribution is 2.23. The summed E-state index contributed by atoms with van der Waals surface area (Å²) in [4.78, 5) is 11.9. The number of carbonyl (C=O) groups excluding carboxylic acids is 1. The van der Waals surface area contributed by atoms with Crippen molar-refractivity contribution in [1.29, 1.82) is 0 Å². The molecule has 0 aliphatic rings. The molecule has 11 heteroatoms. The average molecular weight is 576 g/mol. The van der Waals surface area contributed by atoms with Gasteiger partial charge in [-0.3, -0.25) is 0 Å². The minimum Gasteiger partial charge on any atom is -0.497 e. The molecule has 2 aromatic rings. The molecule has 1 amide bonds. The number of rotatable bonds is 21. The van der Waals surface area contributed by atoms with Crippen LogP contribution in [0.15, 0.2) is 58.8 Å². The average Bonchev–Trinajstić information content (AvgIpc) is 2.97. The Hall–Kier alpha value is -2.99. The van der Waals surface area contributed by atoms with Crippen LogP contribution in [-0.4, -0.2) is 61.6 Å². The molecule has 1 N–H and O–H groups in total. The number of nitrogens with zero attached hydrogens (tertiary/aromatic N) is 2. The molecule has 0 aromatic heterocycles. The van der Waals surface area contributed by atoms with Crippen molar-refractivity contribution in [2.45, 2.75) is 58.9 Å². The second-order valence-corrected chi connectivity index (χ2v) is 11.5. The molecule has 0 aliphatic heterocycles. The van der Waals surface area contributed by atoms with Crippen LogP contribution in [0.25, 0.3) is 0 Å². The number of amides is 1. The van der Waals surface area contributed by atoms with Crippen LogP contribution in [0.3, 0.4) is 0 Å². The van der Waals surface area contributed by atoms with E-state index in [4.69, 9.17) is 27.5 Å². The summed E-state index contributed by atoms with van der Waals surface area (Å²) in [6, 6.07) is 15.6. The van der Waals surface area contributed by atoms with E-state index in [1.807, 2.05) is 69.3 Å². The number of azo groups is 1. The van der Waals surface area contributed by atoms with Gasteiger partial charge in [0.25, 0.3) is 0 Å². The SMILES string of the molecule is CCO[Si](CCCNC(=O)OCCCCCCOc1ccc(N=Nc2ccc(OC)cc2)cc1)(OCC)OCC. The van der Waals surface area contributed by atoms with Crippen molar-refractivity contribution in [2.24, 2.45) is 10.2 Å². The Balaban J connectivity index is 1.51. The van der Waals surface area contributed by atoms with Crippen LogP contribution in [0.5, 0.6) is 11.5 Å². The molecule has 0 spiro atoms. The van der Waals surface area contributed by atoms with Gasteiger partial charge in [0.15, 0.2) is 0 Å². The summed E-state index contributed by atoms with van der Waals surface area (Å²) in [6.45, 7) is 8.94.